The molecule has 1 aliphatic rings. The summed E-state index contributed by atoms with van der Waals surface area (Å²) < 4.78 is 26.2. The first-order valence-corrected chi connectivity index (χ1v) is 6.58. The SMILES string of the molecule is COc1ccc(C(=O)OCC2(C)COC2)c(OC)c1OC. The molecule has 0 radical (unpaired) electrons. The Hall–Kier alpha value is -1.95. The van der Waals surface area contributed by atoms with E-state index in [0.29, 0.717) is 42.6 Å². The van der Waals surface area contributed by atoms with Crippen molar-refractivity contribution in [1.82, 2.24) is 0 Å². The second-order valence-electron chi connectivity index (χ2n) is 5.26. The van der Waals surface area contributed by atoms with Gasteiger partial charge >= 0.3 is 5.97 Å². The molecule has 0 N–H and O–H groups in total. The summed E-state index contributed by atoms with van der Waals surface area (Å²) in [5.41, 5.74) is 0.207. The number of ether oxygens (including phenoxy) is 5. The maximum Gasteiger partial charge on any atom is 0.342 e. The highest BCUT2D eigenvalue weighted by atomic mass is 16.6. The van der Waals surface area contributed by atoms with Crippen molar-refractivity contribution in [3.63, 3.8) is 0 Å². The van der Waals surface area contributed by atoms with Crippen molar-refractivity contribution >= 4 is 5.97 Å². The van der Waals surface area contributed by atoms with Gasteiger partial charge in [-0.15, -0.1) is 0 Å². The van der Waals surface area contributed by atoms with Gasteiger partial charge in [0.15, 0.2) is 11.5 Å². The maximum atomic E-state index is 12.2. The van der Waals surface area contributed by atoms with Crippen LogP contribution >= 0.6 is 0 Å². The van der Waals surface area contributed by atoms with E-state index >= 15 is 0 Å². The van der Waals surface area contributed by atoms with Crippen molar-refractivity contribution in [3.05, 3.63) is 17.7 Å². The number of esters is 1. The third-order valence-electron chi connectivity index (χ3n) is 3.38. The third-order valence-corrected chi connectivity index (χ3v) is 3.38. The Kier molecular flexibility index (Phi) is 4.57. The summed E-state index contributed by atoms with van der Waals surface area (Å²) in [5, 5.41) is 0. The molecule has 116 valence electrons. The number of rotatable bonds is 6. The number of methoxy groups -OCH3 is 3. The molecule has 0 atom stereocenters. The Labute approximate surface area is 123 Å². The van der Waals surface area contributed by atoms with E-state index < -0.39 is 5.97 Å². The van der Waals surface area contributed by atoms with E-state index in [4.69, 9.17) is 23.7 Å². The lowest BCUT2D eigenvalue weighted by Crippen LogP contribution is -2.44. The average molecular weight is 296 g/mol. The molecule has 0 spiro atoms. The maximum absolute atomic E-state index is 12.2. The van der Waals surface area contributed by atoms with Gasteiger partial charge < -0.3 is 23.7 Å². The van der Waals surface area contributed by atoms with Crippen LogP contribution in [0.15, 0.2) is 12.1 Å². The summed E-state index contributed by atoms with van der Waals surface area (Å²) in [6.07, 6.45) is 0. The van der Waals surface area contributed by atoms with Crippen LogP contribution < -0.4 is 14.2 Å². The molecule has 1 saturated heterocycles. The number of hydrogen-bond acceptors (Lipinski definition) is 6. The standard InChI is InChI=1S/C15H20O6/c1-15(7-20-8-15)9-21-14(16)10-5-6-11(17-2)13(19-4)12(10)18-3/h5-6H,7-9H2,1-4H3. The van der Waals surface area contributed by atoms with Crippen molar-refractivity contribution < 1.29 is 28.5 Å². The zero-order valence-electron chi connectivity index (χ0n) is 12.7. The largest absolute Gasteiger partial charge is 0.493 e. The second kappa shape index (κ2) is 6.22. The fourth-order valence-electron chi connectivity index (χ4n) is 2.11. The predicted octanol–water partition coefficient (Wildman–Crippen LogP) is 1.91. The summed E-state index contributed by atoms with van der Waals surface area (Å²) in [7, 11) is 4.48. The van der Waals surface area contributed by atoms with Gasteiger partial charge in [-0.25, -0.2) is 4.79 Å². The first-order valence-electron chi connectivity index (χ1n) is 6.58. The van der Waals surface area contributed by atoms with E-state index in [2.05, 4.69) is 0 Å². The fraction of sp³-hybridized carbons (Fsp3) is 0.533. The average Bonchev–Trinajstić information content (AvgIpc) is 2.48. The molecule has 1 aromatic rings. The highest BCUT2D eigenvalue weighted by molar-refractivity contribution is 5.94. The molecule has 0 aromatic heterocycles. The van der Waals surface area contributed by atoms with Crippen LogP contribution in [0.25, 0.3) is 0 Å². The zero-order valence-corrected chi connectivity index (χ0v) is 12.7. The number of hydrogen-bond donors (Lipinski definition) is 0. The zero-order chi connectivity index (χ0) is 15.5. The van der Waals surface area contributed by atoms with E-state index in [-0.39, 0.29) is 5.41 Å². The number of carbonyl (C=O) groups is 1. The first kappa shape index (κ1) is 15.4. The molecule has 0 aliphatic carbocycles. The van der Waals surface area contributed by atoms with Gasteiger partial charge in [-0.2, -0.15) is 0 Å². The predicted molar refractivity (Wildman–Crippen MR) is 75.3 cm³/mol. The summed E-state index contributed by atoms with van der Waals surface area (Å²) in [6.45, 7) is 3.52. The number of carbonyl (C=O) groups excluding carboxylic acids is 1. The topological polar surface area (TPSA) is 63.2 Å². The van der Waals surface area contributed by atoms with Crippen molar-refractivity contribution in [2.24, 2.45) is 5.41 Å². The third kappa shape index (κ3) is 3.05. The van der Waals surface area contributed by atoms with E-state index in [1.807, 2.05) is 6.92 Å². The quantitative estimate of drug-likeness (QED) is 0.747. The summed E-state index contributed by atoms with van der Waals surface area (Å²) in [5.74, 6) is 0.704. The normalized spacial score (nSPS) is 15.8. The van der Waals surface area contributed by atoms with Gasteiger partial charge in [0.2, 0.25) is 5.75 Å². The number of benzene rings is 1. The van der Waals surface area contributed by atoms with Crippen molar-refractivity contribution in [2.45, 2.75) is 6.92 Å². The molecular formula is C15H20O6. The molecule has 1 fully saturated rings. The molecule has 6 heteroatoms. The van der Waals surface area contributed by atoms with Crippen molar-refractivity contribution in [3.8, 4) is 17.2 Å². The molecule has 21 heavy (non-hydrogen) atoms. The van der Waals surface area contributed by atoms with E-state index in [1.165, 1.54) is 21.3 Å². The van der Waals surface area contributed by atoms with Crippen LogP contribution in [0.1, 0.15) is 17.3 Å². The lowest BCUT2D eigenvalue weighted by atomic mass is 9.90. The highest BCUT2D eigenvalue weighted by Crippen LogP contribution is 2.40. The van der Waals surface area contributed by atoms with Crippen LogP contribution in [-0.2, 0) is 9.47 Å². The van der Waals surface area contributed by atoms with E-state index in [1.54, 1.807) is 12.1 Å². The second-order valence-corrected chi connectivity index (χ2v) is 5.26. The van der Waals surface area contributed by atoms with Gasteiger partial charge in [-0.05, 0) is 12.1 Å². The van der Waals surface area contributed by atoms with Crippen molar-refractivity contribution in [1.29, 1.82) is 0 Å². The molecule has 1 heterocycles. The monoisotopic (exact) mass is 296 g/mol. The van der Waals surface area contributed by atoms with Gasteiger partial charge in [0.25, 0.3) is 0 Å². The first-order chi connectivity index (χ1) is 10.0. The van der Waals surface area contributed by atoms with Crippen LogP contribution in [-0.4, -0.2) is 47.1 Å². The van der Waals surface area contributed by atoms with Crippen LogP contribution in [0.3, 0.4) is 0 Å². The Bertz CT molecular complexity index is 521. The minimum absolute atomic E-state index is 0.0978. The smallest absolute Gasteiger partial charge is 0.342 e. The molecule has 0 amide bonds. The molecule has 0 bridgehead atoms. The van der Waals surface area contributed by atoms with Crippen LogP contribution in [0.2, 0.25) is 0 Å². The Balaban J connectivity index is 2.19. The summed E-state index contributed by atoms with van der Waals surface area (Å²) in [6, 6.07) is 3.24. The molecule has 0 saturated carbocycles. The van der Waals surface area contributed by atoms with Crippen LogP contribution in [0.5, 0.6) is 17.2 Å². The van der Waals surface area contributed by atoms with Gasteiger partial charge in [-0.3, -0.25) is 0 Å². The van der Waals surface area contributed by atoms with Crippen LogP contribution in [0, 0.1) is 5.41 Å². The van der Waals surface area contributed by atoms with Gasteiger partial charge in [0, 0.05) is 5.41 Å². The molecule has 6 nitrogen and oxygen atoms in total. The lowest BCUT2D eigenvalue weighted by molar-refractivity contribution is -0.127. The molecule has 1 aliphatic heterocycles. The highest BCUT2D eigenvalue weighted by Gasteiger charge is 2.35. The summed E-state index contributed by atoms with van der Waals surface area (Å²) in [4.78, 5) is 12.2. The van der Waals surface area contributed by atoms with Crippen LogP contribution in [0.4, 0.5) is 0 Å². The molecule has 1 aromatic carbocycles. The molecule has 2 rings (SSSR count). The molecular weight excluding hydrogens is 276 g/mol. The van der Waals surface area contributed by atoms with E-state index in [9.17, 15) is 4.79 Å². The van der Waals surface area contributed by atoms with Gasteiger partial charge in [-0.1, -0.05) is 6.92 Å². The van der Waals surface area contributed by atoms with Gasteiger partial charge in [0.05, 0.1) is 34.5 Å². The molecule has 0 unspecified atom stereocenters. The van der Waals surface area contributed by atoms with E-state index in [0.717, 1.165) is 0 Å². The lowest BCUT2D eigenvalue weighted by Gasteiger charge is -2.37. The summed E-state index contributed by atoms with van der Waals surface area (Å²) >= 11 is 0. The minimum atomic E-state index is -0.457. The van der Waals surface area contributed by atoms with Gasteiger partial charge in [0.1, 0.15) is 12.2 Å². The minimum Gasteiger partial charge on any atom is -0.493 e. The Morgan fingerprint density at radius 1 is 1.14 bits per heavy atom. The van der Waals surface area contributed by atoms with Crippen molar-refractivity contribution in [2.75, 3.05) is 41.2 Å². The fourth-order valence-corrected chi connectivity index (χ4v) is 2.11. The Morgan fingerprint density at radius 2 is 1.81 bits per heavy atom. The Morgan fingerprint density at radius 3 is 2.29 bits per heavy atom.